The zero-order valence-electron chi connectivity index (χ0n) is 13.4. The van der Waals surface area contributed by atoms with Crippen molar-refractivity contribution in [2.45, 2.75) is 12.6 Å². The second-order valence-corrected chi connectivity index (χ2v) is 5.55. The van der Waals surface area contributed by atoms with E-state index < -0.39 is 6.04 Å². The number of carbonyl (C=O) groups is 1. The number of hydrogen-bond acceptors (Lipinski definition) is 5. The van der Waals surface area contributed by atoms with E-state index in [1.807, 2.05) is 31.4 Å². The lowest BCUT2D eigenvalue weighted by molar-refractivity contribution is -0.132. The molecule has 1 aliphatic rings. The van der Waals surface area contributed by atoms with Gasteiger partial charge in [-0.15, -0.1) is 0 Å². The lowest BCUT2D eigenvalue weighted by Crippen LogP contribution is -2.37. The number of rotatable bonds is 5. The standard InChI is InChI=1S/C16H20N4O3/c1-17-15(12-7-18-20(3)9-12)16(21)19(2)8-11-4-5-13-14(6-11)23-10-22-13/h4-7,9,15,17H,8,10H2,1-3H3. The van der Waals surface area contributed by atoms with Crippen molar-refractivity contribution in [1.82, 2.24) is 20.0 Å². The monoisotopic (exact) mass is 316 g/mol. The molecule has 1 N–H and O–H groups in total. The van der Waals surface area contributed by atoms with Gasteiger partial charge in [0.15, 0.2) is 11.5 Å². The molecule has 0 spiro atoms. The molecule has 0 radical (unpaired) electrons. The van der Waals surface area contributed by atoms with E-state index in [4.69, 9.17) is 9.47 Å². The van der Waals surface area contributed by atoms with Gasteiger partial charge < -0.3 is 19.7 Å². The summed E-state index contributed by atoms with van der Waals surface area (Å²) >= 11 is 0. The maximum absolute atomic E-state index is 12.7. The number of carbonyl (C=O) groups excluding carboxylic acids is 1. The molecule has 0 bridgehead atoms. The lowest BCUT2D eigenvalue weighted by atomic mass is 10.1. The molecule has 0 saturated heterocycles. The zero-order chi connectivity index (χ0) is 16.4. The van der Waals surface area contributed by atoms with Gasteiger partial charge in [0.2, 0.25) is 12.7 Å². The van der Waals surface area contributed by atoms with Crippen LogP contribution in [0.25, 0.3) is 0 Å². The van der Waals surface area contributed by atoms with Crippen molar-refractivity contribution in [3.8, 4) is 11.5 Å². The molecule has 2 aromatic rings. The predicted molar refractivity (Wildman–Crippen MR) is 84.0 cm³/mol. The maximum Gasteiger partial charge on any atom is 0.244 e. The van der Waals surface area contributed by atoms with Crippen molar-refractivity contribution in [3.63, 3.8) is 0 Å². The molecule has 3 rings (SSSR count). The average Bonchev–Trinajstić information content (AvgIpc) is 3.16. The van der Waals surface area contributed by atoms with Crippen LogP contribution in [0.3, 0.4) is 0 Å². The average molecular weight is 316 g/mol. The summed E-state index contributed by atoms with van der Waals surface area (Å²) in [5, 5.41) is 7.18. The van der Waals surface area contributed by atoms with Gasteiger partial charge >= 0.3 is 0 Å². The first-order chi connectivity index (χ1) is 11.1. The van der Waals surface area contributed by atoms with Crippen LogP contribution in [-0.2, 0) is 18.4 Å². The molecule has 1 aromatic carbocycles. The number of benzene rings is 1. The van der Waals surface area contributed by atoms with Crippen molar-refractivity contribution in [1.29, 1.82) is 0 Å². The molecule has 1 unspecified atom stereocenters. The van der Waals surface area contributed by atoms with Crippen molar-refractivity contribution in [3.05, 3.63) is 41.7 Å². The fourth-order valence-corrected chi connectivity index (χ4v) is 2.63. The molecule has 122 valence electrons. The molecule has 2 heterocycles. The number of ether oxygens (including phenoxy) is 2. The van der Waals surface area contributed by atoms with Crippen LogP contribution < -0.4 is 14.8 Å². The number of nitrogens with zero attached hydrogens (tertiary/aromatic N) is 3. The summed E-state index contributed by atoms with van der Waals surface area (Å²) < 4.78 is 12.4. The fourth-order valence-electron chi connectivity index (χ4n) is 2.63. The van der Waals surface area contributed by atoms with Crippen LogP contribution in [0.5, 0.6) is 11.5 Å². The van der Waals surface area contributed by atoms with Gasteiger partial charge in [0.25, 0.3) is 0 Å². The van der Waals surface area contributed by atoms with Crippen LogP contribution >= 0.6 is 0 Å². The minimum absolute atomic E-state index is 0.0156. The van der Waals surface area contributed by atoms with Crippen LogP contribution in [0, 0.1) is 0 Å². The van der Waals surface area contributed by atoms with Gasteiger partial charge in [-0.2, -0.15) is 5.10 Å². The normalized spacial score (nSPS) is 13.9. The summed E-state index contributed by atoms with van der Waals surface area (Å²) in [4.78, 5) is 14.4. The number of aromatic nitrogens is 2. The van der Waals surface area contributed by atoms with E-state index >= 15 is 0 Å². The lowest BCUT2D eigenvalue weighted by Gasteiger charge is -2.23. The van der Waals surface area contributed by atoms with Crippen molar-refractivity contribution >= 4 is 5.91 Å². The quantitative estimate of drug-likeness (QED) is 0.893. The minimum atomic E-state index is -0.414. The van der Waals surface area contributed by atoms with Gasteiger partial charge in [-0.25, -0.2) is 0 Å². The molecule has 7 heteroatoms. The number of hydrogen-bond donors (Lipinski definition) is 1. The Morgan fingerprint density at radius 3 is 2.91 bits per heavy atom. The summed E-state index contributed by atoms with van der Waals surface area (Å²) in [7, 11) is 5.38. The topological polar surface area (TPSA) is 68.6 Å². The van der Waals surface area contributed by atoms with Crippen LogP contribution in [0.4, 0.5) is 0 Å². The van der Waals surface area contributed by atoms with Gasteiger partial charge in [0, 0.05) is 32.4 Å². The number of amides is 1. The largest absolute Gasteiger partial charge is 0.454 e. The van der Waals surface area contributed by atoms with Crippen LogP contribution in [0.1, 0.15) is 17.2 Å². The first-order valence-electron chi connectivity index (χ1n) is 7.38. The smallest absolute Gasteiger partial charge is 0.244 e. The summed E-state index contributed by atoms with van der Waals surface area (Å²) in [5.41, 5.74) is 1.84. The molecule has 0 aliphatic carbocycles. The highest BCUT2D eigenvalue weighted by Gasteiger charge is 2.24. The minimum Gasteiger partial charge on any atom is -0.454 e. The fraction of sp³-hybridized carbons (Fsp3) is 0.375. The van der Waals surface area contributed by atoms with Gasteiger partial charge in [-0.3, -0.25) is 9.48 Å². The van der Waals surface area contributed by atoms with E-state index in [9.17, 15) is 4.79 Å². The highest BCUT2D eigenvalue weighted by atomic mass is 16.7. The van der Waals surface area contributed by atoms with Crippen molar-refractivity contribution < 1.29 is 14.3 Å². The molecule has 0 saturated carbocycles. The number of likely N-dealkylation sites (N-methyl/N-ethyl adjacent to an activating group) is 2. The molecule has 1 atom stereocenters. The van der Waals surface area contributed by atoms with Gasteiger partial charge in [-0.05, 0) is 24.7 Å². The Kier molecular flexibility index (Phi) is 4.20. The Balaban J connectivity index is 1.71. The number of aryl methyl sites for hydroxylation is 1. The summed E-state index contributed by atoms with van der Waals surface area (Å²) in [5.74, 6) is 1.45. The molecule has 1 amide bonds. The maximum atomic E-state index is 12.7. The van der Waals surface area contributed by atoms with E-state index in [0.717, 1.165) is 22.6 Å². The number of fused-ring (bicyclic) bond motifs is 1. The van der Waals surface area contributed by atoms with Crippen LogP contribution in [0.15, 0.2) is 30.6 Å². The molecule has 23 heavy (non-hydrogen) atoms. The third-order valence-corrected chi connectivity index (χ3v) is 3.83. The van der Waals surface area contributed by atoms with E-state index in [1.165, 1.54) is 0 Å². The second-order valence-electron chi connectivity index (χ2n) is 5.55. The molecule has 1 aromatic heterocycles. The number of nitrogens with one attached hydrogen (secondary N) is 1. The summed E-state index contributed by atoms with van der Waals surface area (Å²) in [6.45, 7) is 0.740. The van der Waals surface area contributed by atoms with Crippen molar-refractivity contribution in [2.24, 2.45) is 7.05 Å². The first kappa shape index (κ1) is 15.4. The highest BCUT2D eigenvalue weighted by molar-refractivity contribution is 5.83. The summed E-state index contributed by atoms with van der Waals surface area (Å²) in [6, 6.07) is 5.30. The van der Waals surface area contributed by atoms with Crippen LogP contribution in [-0.4, -0.2) is 41.5 Å². The van der Waals surface area contributed by atoms with Crippen molar-refractivity contribution in [2.75, 3.05) is 20.9 Å². The highest BCUT2D eigenvalue weighted by Crippen LogP contribution is 2.32. The third kappa shape index (κ3) is 3.14. The molecular formula is C16H20N4O3. The second kappa shape index (κ2) is 6.29. The van der Waals surface area contributed by atoms with Gasteiger partial charge in [0.1, 0.15) is 6.04 Å². The van der Waals surface area contributed by atoms with Crippen LogP contribution in [0.2, 0.25) is 0 Å². The summed E-state index contributed by atoms with van der Waals surface area (Å²) in [6.07, 6.45) is 3.54. The van der Waals surface area contributed by atoms with Gasteiger partial charge in [-0.1, -0.05) is 6.07 Å². The Labute approximate surface area is 134 Å². The van der Waals surface area contributed by atoms with E-state index in [0.29, 0.717) is 6.54 Å². The Morgan fingerprint density at radius 2 is 2.22 bits per heavy atom. The Bertz CT molecular complexity index is 713. The van der Waals surface area contributed by atoms with E-state index in [-0.39, 0.29) is 12.7 Å². The zero-order valence-corrected chi connectivity index (χ0v) is 13.4. The molecular weight excluding hydrogens is 296 g/mol. The van der Waals surface area contributed by atoms with E-state index in [2.05, 4.69) is 10.4 Å². The van der Waals surface area contributed by atoms with Gasteiger partial charge in [0.05, 0.1) is 6.20 Å². The first-order valence-corrected chi connectivity index (χ1v) is 7.38. The molecule has 0 fully saturated rings. The predicted octanol–water partition coefficient (Wildman–Crippen LogP) is 1.07. The third-order valence-electron chi connectivity index (χ3n) is 3.83. The Hall–Kier alpha value is -2.54. The SMILES string of the molecule is CNC(C(=O)N(C)Cc1ccc2c(c1)OCO2)c1cnn(C)c1. The Morgan fingerprint density at radius 1 is 1.43 bits per heavy atom. The molecule has 1 aliphatic heterocycles. The molecule has 7 nitrogen and oxygen atoms in total. The van der Waals surface area contributed by atoms with E-state index in [1.54, 1.807) is 29.9 Å².